The second-order valence-corrected chi connectivity index (χ2v) is 8.48. The molecule has 0 bridgehead atoms. The van der Waals surface area contributed by atoms with Crippen LogP contribution in [0.2, 0.25) is 5.02 Å². The molecule has 1 N–H and O–H groups in total. The van der Waals surface area contributed by atoms with Gasteiger partial charge in [0.2, 0.25) is 0 Å². The Hall–Kier alpha value is -2.08. The number of ether oxygens (including phenoxy) is 1. The normalized spacial score (nSPS) is 20.5. The monoisotopic (exact) mass is 444 g/mol. The molecule has 7 heteroatoms. The van der Waals surface area contributed by atoms with Gasteiger partial charge < -0.3 is 10.1 Å². The zero-order chi connectivity index (χ0) is 19.8. The van der Waals surface area contributed by atoms with Crippen molar-refractivity contribution < 1.29 is 4.74 Å². The largest absolute Gasteiger partial charge is 0.490 e. The summed E-state index contributed by atoms with van der Waals surface area (Å²) in [5.41, 5.74) is 3.53. The van der Waals surface area contributed by atoms with E-state index in [1.165, 1.54) is 11.1 Å². The lowest BCUT2D eigenvalue weighted by Gasteiger charge is -2.29. The first-order chi connectivity index (χ1) is 14.2. The van der Waals surface area contributed by atoms with E-state index >= 15 is 0 Å². The second-order valence-electron chi connectivity index (χ2n) is 8.04. The van der Waals surface area contributed by atoms with E-state index in [0.717, 1.165) is 60.3 Å². The number of halogens is 2. The molecule has 0 unspecified atom stereocenters. The molecule has 1 aromatic heterocycles. The molecular formula is C23H26Cl2N4O. The fraction of sp³-hybridized carbons (Fsp3) is 0.391. The molecule has 30 heavy (non-hydrogen) atoms. The zero-order valence-electron chi connectivity index (χ0n) is 17.0. The average Bonchev–Trinajstić information content (AvgIpc) is 3.06. The molecule has 1 fully saturated rings. The topological polar surface area (TPSA) is 52.0 Å². The highest BCUT2D eigenvalue weighted by Crippen LogP contribution is 2.36. The summed E-state index contributed by atoms with van der Waals surface area (Å²) in [5.74, 6) is 3.44. The number of nitrogens with one attached hydrogen (secondary N) is 1. The molecule has 0 amide bonds. The van der Waals surface area contributed by atoms with Crippen molar-refractivity contribution in [2.45, 2.75) is 57.7 Å². The fourth-order valence-electron chi connectivity index (χ4n) is 4.50. The van der Waals surface area contributed by atoms with Crippen molar-refractivity contribution in [1.82, 2.24) is 20.1 Å². The third-order valence-electron chi connectivity index (χ3n) is 6.06. The van der Waals surface area contributed by atoms with Crippen molar-refractivity contribution in [3.05, 3.63) is 70.3 Å². The summed E-state index contributed by atoms with van der Waals surface area (Å²) in [6.45, 7) is 3.60. The number of rotatable bonds is 3. The lowest BCUT2D eigenvalue weighted by molar-refractivity contribution is 0.143. The summed E-state index contributed by atoms with van der Waals surface area (Å²) in [7, 11) is 0. The Labute approximate surface area is 188 Å². The zero-order valence-corrected chi connectivity index (χ0v) is 18.5. The molecule has 2 aromatic carbocycles. The number of fused-ring (bicyclic) bond motifs is 3. The summed E-state index contributed by atoms with van der Waals surface area (Å²) in [5, 5.41) is 13.3. The first-order valence-electron chi connectivity index (χ1n) is 10.3. The van der Waals surface area contributed by atoms with Crippen LogP contribution in [0.1, 0.15) is 54.4 Å². The smallest absolute Gasteiger partial charge is 0.151 e. The highest BCUT2D eigenvalue weighted by molar-refractivity contribution is 6.30. The molecule has 5 rings (SSSR count). The van der Waals surface area contributed by atoms with Crippen LogP contribution in [-0.4, -0.2) is 20.9 Å². The van der Waals surface area contributed by atoms with E-state index in [2.05, 4.69) is 51.3 Å². The minimum atomic E-state index is 0. The van der Waals surface area contributed by atoms with E-state index in [1.807, 2.05) is 18.2 Å². The Bertz CT molecular complexity index is 1030. The van der Waals surface area contributed by atoms with Crippen LogP contribution in [0, 0.1) is 6.92 Å². The number of aryl methyl sites for hydroxylation is 1. The molecule has 158 valence electrons. The predicted octanol–water partition coefficient (Wildman–Crippen LogP) is 5.36. The lowest BCUT2D eigenvalue weighted by Crippen LogP contribution is -2.25. The van der Waals surface area contributed by atoms with E-state index < -0.39 is 0 Å². The van der Waals surface area contributed by atoms with Crippen molar-refractivity contribution in [3.8, 4) is 11.4 Å². The summed E-state index contributed by atoms with van der Waals surface area (Å²) >= 11 is 6.23. The maximum absolute atomic E-state index is 6.29. The quantitative estimate of drug-likeness (QED) is 0.590. The van der Waals surface area contributed by atoms with Crippen LogP contribution < -0.4 is 10.1 Å². The summed E-state index contributed by atoms with van der Waals surface area (Å²) in [4.78, 5) is 0. The standard InChI is InChI=1S/C23H25ClN4O.ClH/c1-15-4-2-3-5-21(15)29-19-9-6-16(7-10-19)23-27-26-22-14-25-13-17-12-18(24)8-11-20(17)28(22)23;/h2-5,8,11-12,16,19,25H,6-7,9-10,13-14H2,1H3;1H/t16-,19-;. The number of hydrogen-bond acceptors (Lipinski definition) is 4. The average molecular weight is 445 g/mol. The molecule has 0 atom stereocenters. The van der Waals surface area contributed by atoms with Crippen LogP contribution in [0.15, 0.2) is 42.5 Å². The van der Waals surface area contributed by atoms with Crippen molar-refractivity contribution >= 4 is 24.0 Å². The van der Waals surface area contributed by atoms with Crippen LogP contribution >= 0.6 is 24.0 Å². The molecule has 5 nitrogen and oxygen atoms in total. The van der Waals surface area contributed by atoms with E-state index in [-0.39, 0.29) is 18.5 Å². The van der Waals surface area contributed by atoms with Crippen LogP contribution in [0.4, 0.5) is 0 Å². The van der Waals surface area contributed by atoms with Gasteiger partial charge in [-0.25, -0.2) is 0 Å². The van der Waals surface area contributed by atoms with Gasteiger partial charge in [0, 0.05) is 17.5 Å². The fourth-order valence-corrected chi connectivity index (χ4v) is 4.70. The van der Waals surface area contributed by atoms with Crippen molar-refractivity contribution in [2.24, 2.45) is 0 Å². The third-order valence-corrected chi connectivity index (χ3v) is 6.30. The number of aromatic nitrogens is 3. The van der Waals surface area contributed by atoms with Gasteiger partial charge >= 0.3 is 0 Å². The maximum atomic E-state index is 6.29. The van der Waals surface area contributed by atoms with Gasteiger partial charge in [-0.2, -0.15) is 0 Å². The number of para-hydroxylation sites is 1. The summed E-state index contributed by atoms with van der Waals surface area (Å²) < 4.78 is 8.54. The molecular weight excluding hydrogens is 419 g/mol. The van der Waals surface area contributed by atoms with Crippen LogP contribution in [0.3, 0.4) is 0 Å². The van der Waals surface area contributed by atoms with Crippen LogP contribution in [0.5, 0.6) is 5.75 Å². The van der Waals surface area contributed by atoms with Gasteiger partial charge in [0.05, 0.1) is 18.3 Å². The van der Waals surface area contributed by atoms with E-state index in [4.69, 9.17) is 16.3 Å². The summed E-state index contributed by atoms with van der Waals surface area (Å²) in [6, 6.07) is 14.3. The minimum absolute atomic E-state index is 0. The summed E-state index contributed by atoms with van der Waals surface area (Å²) in [6.07, 6.45) is 4.46. The van der Waals surface area contributed by atoms with Crippen molar-refractivity contribution in [1.29, 1.82) is 0 Å². The van der Waals surface area contributed by atoms with Crippen molar-refractivity contribution in [3.63, 3.8) is 0 Å². The highest BCUT2D eigenvalue weighted by Gasteiger charge is 2.30. The predicted molar refractivity (Wildman–Crippen MR) is 121 cm³/mol. The van der Waals surface area contributed by atoms with Crippen LogP contribution in [0.25, 0.3) is 5.69 Å². The van der Waals surface area contributed by atoms with E-state index in [9.17, 15) is 0 Å². The first kappa shape index (κ1) is 21.2. The van der Waals surface area contributed by atoms with Gasteiger partial charge in [-0.15, -0.1) is 22.6 Å². The second kappa shape index (κ2) is 8.96. The molecule has 1 saturated carbocycles. The molecule has 0 saturated heterocycles. The minimum Gasteiger partial charge on any atom is -0.490 e. The molecule has 0 spiro atoms. The number of benzene rings is 2. The molecule has 2 heterocycles. The Morgan fingerprint density at radius 2 is 1.83 bits per heavy atom. The molecule has 1 aliphatic carbocycles. The first-order valence-corrected chi connectivity index (χ1v) is 10.7. The number of nitrogens with zero attached hydrogens (tertiary/aromatic N) is 3. The molecule has 1 aliphatic heterocycles. The van der Waals surface area contributed by atoms with Gasteiger partial charge in [-0.1, -0.05) is 29.8 Å². The van der Waals surface area contributed by atoms with Gasteiger partial charge in [0.25, 0.3) is 0 Å². The Morgan fingerprint density at radius 1 is 1.03 bits per heavy atom. The third kappa shape index (κ3) is 4.07. The lowest BCUT2D eigenvalue weighted by atomic mass is 9.86. The molecule has 3 aromatic rings. The van der Waals surface area contributed by atoms with Gasteiger partial charge in [0.1, 0.15) is 11.6 Å². The Kier molecular flexibility index (Phi) is 6.32. The maximum Gasteiger partial charge on any atom is 0.151 e. The van der Waals surface area contributed by atoms with Gasteiger partial charge in [-0.05, 0) is 68.0 Å². The Balaban J connectivity index is 0.00000218. The molecule has 2 aliphatic rings. The SMILES string of the molecule is Cc1ccccc1O[C@H]1CC[C@H](c2nnc3n2-c2ccc(Cl)cc2CNC3)CC1.Cl. The van der Waals surface area contributed by atoms with Crippen molar-refractivity contribution in [2.75, 3.05) is 0 Å². The van der Waals surface area contributed by atoms with Gasteiger partial charge in [-0.3, -0.25) is 4.57 Å². The van der Waals surface area contributed by atoms with E-state index in [1.54, 1.807) is 0 Å². The van der Waals surface area contributed by atoms with E-state index in [0.29, 0.717) is 12.5 Å². The Morgan fingerprint density at radius 3 is 2.63 bits per heavy atom. The number of hydrogen-bond donors (Lipinski definition) is 1. The van der Waals surface area contributed by atoms with Crippen LogP contribution in [-0.2, 0) is 13.1 Å². The molecule has 0 radical (unpaired) electrons. The highest BCUT2D eigenvalue weighted by atomic mass is 35.5. The van der Waals surface area contributed by atoms with Gasteiger partial charge in [0.15, 0.2) is 5.82 Å².